The van der Waals surface area contributed by atoms with Crippen molar-refractivity contribution in [1.29, 1.82) is 0 Å². The Kier molecular flexibility index (Phi) is 6.58. The molecule has 3 rings (SSSR count). The van der Waals surface area contributed by atoms with Crippen molar-refractivity contribution in [3.05, 3.63) is 59.1 Å². The van der Waals surface area contributed by atoms with Crippen LogP contribution in [0.15, 0.2) is 48.5 Å². The van der Waals surface area contributed by atoms with Crippen LogP contribution in [0.1, 0.15) is 18.5 Å². The average molecular weight is 388 g/mol. The fraction of sp³-hybridized carbons (Fsp3) is 0.381. The van der Waals surface area contributed by atoms with Crippen LogP contribution in [0.2, 0.25) is 5.02 Å². The number of benzene rings is 2. The van der Waals surface area contributed by atoms with Crippen LogP contribution in [0.3, 0.4) is 0 Å². The Labute approximate surface area is 165 Å². The third-order valence-electron chi connectivity index (χ3n) is 4.99. The largest absolute Gasteiger partial charge is 0.495 e. The normalized spacial score (nSPS) is 15.5. The summed E-state index contributed by atoms with van der Waals surface area (Å²) in [5.74, 6) is 1.01. The van der Waals surface area contributed by atoms with Crippen molar-refractivity contribution in [3.8, 4) is 5.75 Å². The van der Waals surface area contributed by atoms with Gasteiger partial charge in [-0.05, 0) is 36.8 Å². The van der Waals surface area contributed by atoms with E-state index in [1.54, 1.807) is 7.11 Å². The summed E-state index contributed by atoms with van der Waals surface area (Å²) in [6.45, 7) is 5.42. The molecular formula is C21H26ClN3O2. The van der Waals surface area contributed by atoms with Crippen LogP contribution >= 0.6 is 11.6 Å². The van der Waals surface area contributed by atoms with Crippen molar-refractivity contribution in [3.63, 3.8) is 0 Å². The van der Waals surface area contributed by atoms with E-state index in [1.165, 1.54) is 0 Å². The van der Waals surface area contributed by atoms with E-state index in [0.717, 1.165) is 35.1 Å². The number of anilines is 1. The lowest BCUT2D eigenvalue weighted by Gasteiger charge is -2.36. The monoisotopic (exact) mass is 387 g/mol. The molecule has 0 bridgehead atoms. The molecule has 0 spiro atoms. The maximum absolute atomic E-state index is 12.6. The lowest BCUT2D eigenvalue weighted by atomic mass is 10.1. The molecule has 0 saturated carbocycles. The number of methoxy groups -OCH3 is 1. The van der Waals surface area contributed by atoms with Crippen LogP contribution in [-0.2, 0) is 4.79 Å². The van der Waals surface area contributed by atoms with Gasteiger partial charge in [0, 0.05) is 37.2 Å². The minimum absolute atomic E-state index is 0.0982. The second kappa shape index (κ2) is 9.11. The Morgan fingerprint density at radius 3 is 2.44 bits per heavy atom. The molecule has 6 heteroatoms. The summed E-state index contributed by atoms with van der Waals surface area (Å²) in [5.41, 5.74) is 2.20. The highest BCUT2D eigenvalue weighted by molar-refractivity contribution is 6.30. The SMILES string of the molecule is COc1ccccc1N1CCN(C(=O)CN[C@@H](C)c2ccc(Cl)cc2)CC1. The Hall–Kier alpha value is -2.24. The van der Waals surface area contributed by atoms with E-state index in [4.69, 9.17) is 16.3 Å². The molecular weight excluding hydrogens is 362 g/mol. The van der Waals surface area contributed by atoms with Crippen molar-refractivity contribution in [2.75, 3.05) is 44.7 Å². The number of amides is 1. The molecule has 5 nitrogen and oxygen atoms in total. The van der Waals surface area contributed by atoms with E-state index in [-0.39, 0.29) is 11.9 Å². The van der Waals surface area contributed by atoms with Gasteiger partial charge in [-0.25, -0.2) is 0 Å². The summed E-state index contributed by atoms with van der Waals surface area (Å²) in [4.78, 5) is 16.7. The van der Waals surface area contributed by atoms with Gasteiger partial charge in [0.1, 0.15) is 5.75 Å². The van der Waals surface area contributed by atoms with Gasteiger partial charge < -0.3 is 19.9 Å². The predicted molar refractivity (Wildman–Crippen MR) is 110 cm³/mol. The summed E-state index contributed by atoms with van der Waals surface area (Å²) >= 11 is 5.93. The summed E-state index contributed by atoms with van der Waals surface area (Å²) in [7, 11) is 1.69. The standard InChI is InChI=1S/C21H26ClN3O2/c1-16(17-7-9-18(22)10-8-17)23-15-21(26)25-13-11-24(12-14-25)19-5-3-4-6-20(19)27-2/h3-10,16,23H,11-15H2,1-2H3/t16-/m0/s1. The van der Waals surface area contributed by atoms with Gasteiger partial charge in [0.15, 0.2) is 0 Å². The molecule has 27 heavy (non-hydrogen) atoms. The number of para-hydroxylation sites is 2. The molecule has 2 aromatic carbocycles. The third-order valence-corrected chi connectivity index (χ3v) is 5.24. The number of hydrogen-bond donors (Lipinski definition) is 1. The first-order chi connectivity index (χ1) is 13.1. The van der Waals surface area contributed by atoms with Crippen molar-refractivity contribution in [2.24, 2.45) is 0 Å². The average Bonchev–Trinajstić information content (AvgIpc) is 2.72. The van der Waals surface area contributed by atoms with Gasteiger partial charge in [0.2, 0.25) is 5.91 Å². The minimum atomic E-state index is 0.0982. The van der Waals surface area contributed by atoms with E-state index in [9.17, 15) is 4.79 Å². The van der Waals surface area contributed by atoms with E-state index in [2.05, 4.69) is 23.2 Å². The van der Waals surface area contributed by atoms with Gasteiger partial charge in [-0.2, -0.15) is 0 Å². The summed E-state index contributed by atoms with van der Waals surface area (Å²) in [6, 6.07) is 15.8. The molecule has 144 valence electrons. The highest BCUT2D eigenvalue weighted by Crippen LogP contribution is 2.28. The molecule has 1 N–H and O–H groups in total. The fourth-order valence-electron chi connectivity index (χ4n) is 3.31. The number of carbonyl (C=O) groups excluding carboxylic acids is 1. The Morgan fingerprint density at radius 2 is 1.78 bits per heavy atom. The van der Waals surface area contributed by atoms with Crippen molar-refractivity contribution in [2.45, 2.75) is 13.0 Å². The number of nitrogens with zero attached hydrogens (tertiary/aromatic N) is 2. The summed E-state index contributed by atoms with van der Waals surface area (Å²) in [5, 5.41) is 4.03. The summed E-state index contributed by atoms with van der Waals surface area (Å²) < 4.78 is 5.45. The van der Waals surface area contributed by atoms with E-state index >= 15 is 0 Å². The smallest absolute Gasteiger partial charge is 0.236 e. The molecule has 2 aromatic rings. The molecule has 1 aliphatic heterocycles. The molecule has 0 unspecified atom stereocenters. The zero-order valence-electron chi connectivity index (χ0n) is 15.8. The first-order valence-electron chi connectivity index (χ1n) is 9.23. The van der Waals surface area contributed by atoms with Crippen LogP contribution in [0, 0.1) is 0 Å². The molecule has 0 aromatic heterocycles. The maximum Gasteiger partial charge on any atom is 0.236 e. The Balaban J connectivity index is 1.49. The maximum atomic E-state index is 12.6. The second-order valence-corrected chi connectivity index (χ2v) is 7.13. The van der Waals surface area contributed by atoms with Crippen LogP contribution in [0.25, 0.3) is 0 Å². The minimum Gasteiger partial charge on any atom is -0.495 e. The number of nitrogens with one attached hydrogen (secondary N) is 1. The zero-order valence-corrected chi connectivity index (χ0v) is 16.6. The molecule has 1 fully saturated rings. The summed E-state index contributed by atoms with van der Waals surface area (Å²) in [6.07, 6.45) is 0. The quantitative estimate of drug-likeness (QED) is 0.825. The van der Waals surface area contributed by atoms with E-state index < -0.39 is 0 Å². The van der Waals surface area contributed by atoms with Gasteiger partial charge in [-0.15, -0.1) is 0 Å². The highest BCUT2D eigenvalue weighted by atomic mass is 35.5. The molecule has 0 radical (unpaired) electrons. The third kappa shape index (κ3) is 4.93. The molecule has 1 heterocycles. The van der Waals surface area contributed by atoms with Gasteiger partial charge >= 0.3 is 0 Å². The number of hydrogen-bond acceptors (Lipinski definition) is 4. The number of piperazine rings is 1. The molecule has 1 saturated heterocycles. The lowest BCUT2D eigenvalue weighted by molar-refractivity contribution is -0.130. The van der Waals surface area contributed by atoms with Crippen molar-refractivity contribution >= 4 is 23.2 Å². The topological polar surface area (TPSA) is 44.8 Å². The highest BCUT2D eigenvalue weighted by Gasteiger charge is 2.23. The van der Waals surface area contributed by atoms with E-state index in [0.29, 0.717) is 19.6 Å². The molecule has 0 aliphatic carbocycles. The van der Waals surface area contributed by atoms with Crippen LogP contribution in [-0.4, -0.2) is 50.6 Å². The van der Waals surface area contributed by atoms with E-state index in [1.807, 2.05) is 47.4 Å². The second-order valence-electron chi connectivity index (χ2n) is 6.69. The molecule has 1 atom stereocenters. The van der Waals surface area contributed by atoms with Gasteiger partial charge in [-0.3, -0.25) is 4.79 Å². The molecule has 1 amide bonds. The number of halogens is 1. The molecule has 1 aliphatic rings. The lowest BCUT2D eigenvalue weighted by Crippen LogP contribution is -2.51. The van der Waals surface area contributed by atoms with Crippen molar-refractivity contribution in [1.82, 2.24) is 10.2 Å². The Morgan fingerprint density at radius 1 is 1.11 bits per heavy atom. The van der Waals surface area contributed by atoms with Crippen LogP contribution in [0.4, 0.5) is 5.69 Å². The number of ether oxygens (including phenoxy) is 1. The Bertz CT molecular complexity index is 758. The predicted octanol–water partition coefficient (Wildman–Crippen LogP) is 3.35. The fourth-order valence-corrected chi connectivity index (χ4v) is 3.44. The first kappa shape index (κ1) is 19.5. The van der Waals surface area contributed by atoms with Gasteiger partial charge in [-0.1, -0.05) is 35.9 Å². The van der Waals surface area contributed by atoms with Gasteiger partial charge in [0.05, 0.1) is 19.3 Å². The van der Waals surface area contributed by atoms with Gasteiger partial charge in [0.25, 0.3) is 0 Å². The number of rotatable bonds is 6. The van der Waals surface area contributed by atoms with Crippen LogP contribution < -0.4 is 15.0 Å². The zero-order chi connectivity index (χ0) is 19.2. The van der Waals surface area contributed by atoms with Crippen LogP contribution in [0.5, 0.6) is 5.75 Å². The first-order valence-corrected chi connectivity index (χ1v) is 9.61. The number of carbonyl (C=O) groups is 1. The van der Waals surface area contributed by atoms with Crippen molar-refractivity contribution < 1.29 is 9.53 Å².